The summed E-state index contributed by atoms with van der Waals surface area (Å²) in [6.07, 6.45) is 1.24. The summed E-state index contributed by atoms with van der Waals surface area (Å²) in [6.45, 7) is 14.3. The Morgan fingerprint density at radius 3 is 2.06 bits per heavy atom. The summed E-state index contributed by atoms with van der Waals surface area (Å²) in [5.74, 6) is 0. The van der Waals surface area contributed by atoms with Crippen LogP contribution in [0.1, 0.15) is 34.1 Å². The normalized spacial score (nSPS) is 27.6. The predicted octanol–water partition coefficient (Wildman–Crippen LogP) is 1.34. The molecule has 0 atom stereocenters. The van der Waals surface area contributed by atoms with E-state index in [1.807, 2.05) is 27.7 Å². The molecule has 2 fully saturated rings. The maximum atomic E-state index is 5.88. The van der Waals surface area contributed by atoms with Crippen molar-refractivity contribution in [2.24, 2.45) is 0 Å². The Morgan fingerprint density at radius 1 is 1.19 bits per heavy atom. The molecule has 5 heteroatoms. The predicted molar refractivity (Wildman–Crippen MR) is 64.5 cm³/mol. The molecule has 0 aromatic heterocycles. The van der Waals surface area contributed by atoms with E-state index in [9.17, 15) is 0 Å². The van der Waals surface area contributed by atoms with Gasteiger partial charge in [0.1, 0.15) is 0 Å². The quantitative estimate of drug-likeness (QED) is 0.733. The van der Waals surface area contributed by atoms with Crippen molar-refractivity contribution in [2.75, 3.05) is 13.1 Å². The molecule has 0 amide bonds. The molecule has 2 saturated heterocycles. The van der Waals surface area contributed by atoms with Gasteiger partial charge in [-0.3, -0.25) is 0 Å². The molecule has 0 radical (unpaired) electrons. The van der Waals surface area contributed by atoms with E-state index in [2.05, 4.69) is 17.0 Å². The first kappa shape index (κ1) is 12.0. The fourth-order valence-electron chi connectivity index (χ4n) is 1.67. The molecule has 0 bridgehead atoms. The van der Waals surface area contributed by atoms with Gasteiger partial charge in [0.2, 0.25) is 0 Å². The Hall–Kier alpha value is -0.515. The Bertz CT molecular complexity index is 284. The van der Waals surface area contributed by atoms with Crippen molar-refractivity contribution < 1.29 is 9.31 Å². The Kier molecular flexibility index (Phi) is 2.81. The molecule has 0 saturated carbocycles. The Morgan fingerprint density at radius 2 is 1.69 bits per heavy atom. The molecule has 16 heavy (non-hydrogen) atoms. The SMILES string of the molecule is C=C(NN1CCC1)B1OC(C)(C)C(C)(C)O1. The van der Waals surface area contributed by atoms with Gasteiger partial charge in [0.05, 0.1) is 16.8 Å². The second-order valence-electron chi connectivity index (χ2n) is 5.57. The van der Waals surface area contributed by atoms with Crippen LogP contribution in [0.2, 0.25) is 0 Å². The van der Waals surface area contributed by atoms with Crippen molar-refractivity contribution in [2.45, 2.75) is 45.3 Å². The van der Waals surface area contributed by atoms with E-state index in [1.165, 1.54) is 6.42 Å². The van der Waals surface area contributed by atoms with Gasteiger partial charge in [0, 0.05) is 13.1 Å². The number of hydrogen-bond donors (Lipinski definition) is 1. The summed E-state index contributed by atoms with van der Waals surface area (Å²) in [5.41, 5.74) is 3.42. The van der Waals surface area contributed by atoms with E-state index in [4.69, 9.17) is 9.31 Å². The molecule has 90 valence electrons. The molecule has 0 unspecified atom stereocenters. The van der Waals surface area contributed by atoms with Gasteiger partial charge in [-0.1, -0.05) is 6.58 Å². The lowest BCUT2D eigenvalue weighted by Gasteiger charge is -2.33. The number of rotatable bonds is 3. The second-order valence-corrected chi connectivity index (χ2v) is 5.57. The molecule has 4 nitrogen and oxygen atoms in total. The highest BCUT2D eigenvalue weighted by atomic mass is 16.7. The zero-order valence-corrected chi connectivity index (χ0v) is 10.7. The first-order chi connectivity index (χ1) is 7.32. The third-order valence-corrected chi connectivity index (χ3v) is 3.70. The van der Waals surface area contributed by atoms with Crippen LogP contribution in [0.5, 0.6) is 0 Å². The van der Waals surface area contributed by atoms with Crippen molar-refractivity contribution in [1.82, 2.24) is 10.4 Å². The van der Waals surface area contributed by atoms with Crippen LogP contribution >= 0.6 is 0 Å². The minimum atomic E-state index is -0.356. The molecular formula is C11H21BN2O2. The van der Waals surface area contributed by atoms with Crippen LogP contribution in [-0.2, 0) is 9.31 Å². The second kappa shape index (κ2) is 3.76. The van der Waals surface area contributed by atoms with Crippen molar-refractivity contribution >= 4 is 7.12 Å². The van der Waals surface area contributed by atoms with Crippen LogP contribution in [-0.4, -0.2) is 36.4 Å². The number of nitrogens with one attached hydrogen (secondary N) is 1. The highest BCUT2D eigenvalue weighted by Crippen LogP contribution is 2.37. The van der Waals surface area contributed by atoms with Gasteiger partial charge in [-0.2, -0.15) is 0 Å². The van der Waals surface area contributed by atoms with Gasteiger partial charge in [-0.25, -0.2) is 5.01 Å². The highest BCUT2D eigenvalue weighted by molar-refractivity contribution is 6.54. The molecule has 0 aliphatic carbocycles. The van der Waals surface area contributed by atoms with E-state index in [0.717, 1.165) is 18.7 Å². The van der Waals surface area contributed by atoms with Gasteiger partial charge < -0.3 is 14.7 Å². The van der Waals surface area contributed by atoms with Gasteiger partial charge in [0.25, 0.3) is 0 Å². The summed E-state index contributed by atoms with van der Waals surface area (Å²) < 4.78 is 11.8. The largest absolute Gasteiger partial charge is 0.512 e. The lowest BCUT2D eigenvalue weighted by atomic mass is 9.86. The van der Waals surface area contributed by atoms with Crippen LogP contribution < -0.4 is 5.43 Å². The van der Waals surface area contributed by atoms with Gasteiger partial charge in [0.15, 0.2) is 0 Å². The fourth-order valence-corrected chi connectivity index (χ4v) is 1.67. The smallest absolute Gasteiger partial charge is 0.398 e. The van der Waals surface area contributed by atoms with Crippen LogP contribution in [0, 0.1) is 0 Å². The minimum Gasteiger partial charge on any atom is -0.398 e. The van der Waals surface area contributed by atoms with E-state index in [1.54, 1.807) is 0 Å². The molecule has 2 rings (SSSR count). The summed E-state index contributed by atoms with van der Waals surface area (Å²) in [4.78, 5) is 0. The van der Waals surface area contributed by atoms with Gasteiger partial charge >= 0.3 is 7.12 Å². The summed E-state index contributed by atoms with van der Waals surface area (Å²) in [6, 6.07) is 0. The number of nitrogens with zero attached hydrogens (tertiary/aromatic N) is 1. The summed E-state index contributed by atoms with van der Waals surface area (Å²) >= 11 is 0. The maximum absolute atomic E-state index is 5.88. The third kappa shape index (κ3) is 1.99. The number of hydrogen-bond acceptors (Lipinski definition) is 4. The molecule has 2 heterocycles. The summed E-state index contributed by atoms with van der Waals surface area (Å²) in [5, 5.41) is 2.12. The molecule has 2 aliphatic heterocycles. The van der Waals surface area contributed by atoms with Gasteiger partial charge in [-0.05, 0) is 34.1 Å². The van der Waals surface area contributed by atoms with Crippen molar-refractivity contribution in [3.05, 3.63) is 12.2 Å². The van der Waals surface area contributed by atoms with E-state index in [-0.39, 0.29) is 18.3 Å². The van der Waals surface area contributed by atoms with E-state index >= 15 is 0 Å². The molecular weight excluding hydrogens is 203 g/mol. The van der Waals surface area contributed by atoms with Crippen LogP contribution in [0.3, 0.4) is 0 Å². The Balaban J connectivity index is 1.94. The Labute approximate surface area is 98.1 Å². The maximum Gasteiger partial charge on any atom is 0.512 e. The monoisotopic (exact) mass is 224 g/mol. The van der Waals surface area contributed by atoms with Crippen LogP contribution in [0.15, 0.2) is 12.2 Å². The third-order valence-electron chi connectivity index (χ3n) is 3.70. The van der Waals surface area contributed by atoms with Crippen LogP contribution in [0.25, 0.3) is 0 Å². The van der Waals surface area contributed by atoms with Crippen LogP contribution in [0.4, 0.5) is 0 Å². The first-order valence-corrected chi connectivity index (χ1v) is 5.88. The lowest BCUT2D eigenvalue weighted by Crippen LogP contribution is -2.49. The average Bonchev–Trinajstić information content (AvgIpc) is 2.29. The zero-order valence-electron chi connectivity index (χ0n) is 10.7. The molecule has 1 N–H and O–H groups in total. The lowest BCUT2D eigenvalue weighted by molar-refractivity contribution is 0.00578. The molecule has 0 spiro atoms. The van der Waals surface area contributed by atoms with Crippen molar-refractivity contribution in [3.8, 4) is 0 Å². The molecule has 0 aromatic rings. The minimum absolute atomic E-state index is 0.294. The summed E-state index contributed by atoms with van der Waals surface area (Å²) in [7, 11) is -0.356. The van der Waals surface area contributed by atoms with Gasteiger partial charge in [-0.15, -0.1) is 0 Å². The average molecular weight is 224 g/mol. The van der Waals surface area contributed by atoms with Crippen molar-refractivity contribution in [1.29, 1.82) is 0 Å². The van der Waals surface area contributed by atoms with Crippen molar-refractivity contribution in [3.63, 3.8) is 0 Å². The topological polar surface area (TPSA) is 33.7 Å². The fraction of sp³-hybridized carbons (Fsp3) is 0.818. The standard InChI is InChI=1S/C11H21BN2O2/c1-9(13-14-7-6-8-14)12-15-10(2,3)11(4,5)16-12/h13H,1,6-8H2,2-5H3. The number of hydrazine groups is 1. The molecule has 0 aromatic carbocycles. The highest BCUT2D eigenvalue weighted by Gasteiger charge is 2.52. The zero-order chi connectivity index (χ0) is 12.0. The van der Waals surface area contributed by atoms with E-state index < -0.39 is 0 Å². The first-order valence-electron chi connectivity index (χ1n) is 5.88. The van der Waals surface area contributed by atoms with E-state index in [0.29, 0.717) is 0 Å². The molecule has 2 aliphatic rings.